The van der Waals surface area contributed by atoms with Crippen LogP contribution < -0.4 is 10.6 Å². The maximum absolute atomic E-state index is 12.2. The molecule has 130 valence electrons. The number of rotatable bonds is 4. The van der Waals surface area contributed by atoms with Crippen molar-refractivity contribution in [3.05, 3.63) is 41.7 Å². The summed E-state index contributed by atoms with van der Waals surface area (Å²) in [5.41, 5.74) is 3.83. The first-order valence-electron chi connectivity index (χ1n) is 7.86. The monoisotopic (exact) mass is 366 g/mol. The maximum Gasteiger partial charge on any atom is 0.225 e. The highest BCUT2D eigenvalue weighted by atomic mass is 35.5. The zero-order valence-corrected chi connectivity index (χ0v) is 15.5. The standard InChI is InChI=1S/C17H22N4OS.ClH/c1-12-8-13(2)21(20-12)16-5-3-4-14(9-16)19-17(22)10-15-11-23-7-6-18-15;/h3-5,8-9,15,18H,6-7,10-11H2,1-2H3,(H,19,22);1H. The van der Waals surface area contributed by atoms with Gasteiger partial charge < -0.3 is 10.6 Å². The van der Waals surface area contributed by atoms with Gasteiger partial charge in [0.15, 0.2) is 0 Å². The minimum absolute atomic E-state index is 0. The van der Waals surface area contributed by atoms with Crippen LogP contribution in [0.2, 0.25) is 0 Å². The highest BCUT2D eigenvalue weighted by Crippen LogP contribution is 2.17. The van der Waals surface area contributed by atoms with Crippen LogP contribution in [0.15, 0.2) is 30.3 Å². The first kappa shape index (κ1) is 18.8. The van der Waals surface area contributed by atoms with E-state index in [1.807, 2.05) is 60.6 Å². The number of carbonyl (C=O) groups is 1. The molecule has 0 spiro atoms. The molecule has 1 aliphatic heterocycles. The fraction of sp³-hybridized carbons (Fsp3) is 0.412. The van der Waals surface area contributed by atoms with Gasteiger partial charge >= 0.3 is 0 Å². The molecule has 2 aromatic rings. The number of thioether (sulfide) groups is 1. The molecule has 2 heterocycles. The van der Waals surface area contributed by atoms with Gasteiger partial charge in [0.2, 0.25) is 5.91 Å². The van der Waals surface area contributed by atoms with E-state index in [0.717, 1.165) is 40.8 Å². The normalized spacial score (nSPS) is 17.2. The van der Waals surface area contributed by atoms with Gasteiger partial charge in [-0.05, 0) is 38.1 Å². The molecule has 1 aromatic heterocycles. The zero-order valence-electron chi connectivity index (χ0n) is 13.9. The van der Waals surface area contributed by atoms with E-state index in [0.29, 0.717) is 6.42 Å². The van der Waals surface area contributed by atoms with Gasteiger partial charge in [-0.3, -0.25) is 4.79 Å². The van der Waals surface area contributed by atoms with Gasteiger partial charge in [0.1, 0.15) is 0 Å². The lowest BCUT2D eigenvalue weighted by atomic mass is 10.2. The first-order valence-corrected chi connectivity index (χ1v) is 9.02. The highest BCUT2D eigenvalue weighted by Gasteiger charge is 2.16. The Morgan fingerprint density at radius 1 is 1.42 bits per heavy atom. The second kappa shape index (κ2) is 8.55. The SMILES string of the molecule is Cc1cc(C)n(-c2cccc(NC(=O)CC3CSCCN3)c2)n1.Cl. The Hall–Kier alpha value is -1.50. The van der Waals surface area contributed by atoms with Crippen molar-refractivity contribution >= 4 is 35.8 Å². The Morgan fingerprint density at radius 2 is 2.25 bits per heavy atom. The summed E-state index contributed by atoms with van der Waals surface area (Å²) in [5, 5.41) is 10.9. The largest absolute Gasteiger partial charge is 0.326 e. The van der Waals surface area contributed by atoms with E-state index in [4.69, 9.17) is 0 Å². The number of nitrogens with one attached hydrogen (secondary N) is 2. The number of aromatic nitrogens is 2. The van der Waals surface area contributed by atoms with Crippen molar-refractivity contribution in [1.82, 2.24) is 15.1 Å². The average molecular weight is 367 g/mol. The van der Waals surface area contributed by atoms with Crippen LogP contribution >= 0.6 is 24.2 Å². The molecule has 24 heavy (non-hydrogen) atoms. The van der Waals surface area contributed by atoms with Gasteiger partial charge in [-0.1, -0.05) is 6.07 Å². The molecule has 1 aromatic carbocycles. The molecule has 3 rings (SSSR count). The Labute approximate surface area is 153 Å². The molecule has 1 fully saturated rings. The van der Waals surface area contributed by atoms with Crippen molar-refractivity contribution in [3.63, 3.8) is 0 Å². The predicted molar refractivity (Wildman–Crippen MR) is 103 cm³/mol. The first-order chi connectivity index (χ1) is 11.1. The quantitative estimate of drug-likeness (QED) is 0.873. The van der Waals surface area contributed by atoms with Crippen molar-refractivity contribution in [2.75, 3.05) is 23.4 Å². The summed E-state index contributed by atoms with van der Waals surface area (Å²) in [7, 11) is 0. The van der Waals surface area contributed by atoms with Gasteiger partial charge in [0.25, 0.3) is 0 Å². The molecule has 1 unspecified atom stereocenters. The summed E-state index contributed by atoms with van der Waals surface area (Å²) >= 11 is 1.90. The second-order valence-corrected chi connectivity index (χ2v) is 7.02. The fourth-order valence-corrected chi connectivity index (χ4v) is 3.74. The molecule has 1 saturated heterocycles. The van der Waals surface area contributed by atoms with E-state index in [2.05, 4.69) is 15.7 Å². The number of hydrogen-bond donors (Lipinski definition) is 2. The number of halogens is 1. The van der Waals surface area contributed by atoms with Gasteiger partial charge in [0.05, 0.1) is 11.4 Å². The van der Waals surface area contributed by atoms with Crippen LogP contribution in [0.3, 0.4) is 0 Å². The van der Waals surface area contributed by atoms with Gasteiger partial charge in [-0.25, -0.2) is 4.68 Å². The molecular formula is C17H23ClN4OS. The van der Waals surface area contributed by atoms with Crippen molar-refractivity contribution in [3.8, 4) is 5.69 Å². The smallest absolute Gasteiger partial charge is 0.225 e. The number of nitrogens with zero attached hydrogens (tertiary/aromatic N) is 2. The van der Waals surface area contributed by atoms with Gasteiger partial charge in [-0.2, -0.15) is 16.9 Å². The lowest BCUT2D eigenvalue weighted by Gasteiger charge is -2.22. The van der Waals surface area contributed by atoms with E-state index >= 15 is 0 Å². The topological polar surface area (TPSA) is 59.0 Å². The summed E-state index contributed by atoms with van der Waals surface area (Å²) in [6.07, 6.45) is 0.511. The summed E-state index contributed by atoms with van der Waals surface area (Å²) < 4.78 is 1.89. The molecule has 7 heteroatoms. The van der Waals surface area contributed by atoms with Crippen molar-refractivity contribution < 1.29 is 4.79 Å². The molecule has 0 radical (unpaired) electrons. The minimum atomic E-state index is 0. The number of carbonyl (C=O) groups excluding carboxylic acids is 1. The number of amides is 1. The molecule has 5 nitrogen and oxygen atoms in total. The Kier molecular flexibility index (Phi) is 6.71. The van der Waals surface area contributed by atoms with Crippen LogP contribution in [-0.2, 0) is 4.79 Å². The third-order valence-corrected chi connectivity index (χ3v) is 4.95. The lowest BCUT2D eigenvalue weighted by molar-refractivity contribution is -0.116. The van der Waals surface area contributed by atoms with Crippen molar-refractivity contribution in [2.45, 2.75) is 26.3 Å². The van der Waals surface area contributed by atoms with Gasteiger partial charge in [0, 0.05) is 41.9 Å². The van der Waals surface area contributed by atoms with Gasteiger partial charge in [-0.15, -0.1) is 12.4 Å². The number of aryl methyl sites for hydroxylation is 2. The molecule has 2 N–H and O–H groups in total. The second-order valence-electron chi connectivity index (χ2n) is 5.87. The minimum Gasteiger partial charge on any atom is -0.326 e. The molecule has 0 saturated carbocycles. The van der Waals surface area contributed by atoms with Crippen molar-refractivity contribution in [1.29, 1.82) is 0 Å². The van der Waals surface area contributed by atoms with Crippen LogP contribution in [0.25, 0.3) is 5.69 Å². The highest BCUT2D eigenvalue weighted by molar-refractivity contribution is 7.99. The van der Waals surface area contributed by atoms with E-state index in [9.17, 15) is 4.79 Å². The van der Waals surface area contributed by atoms with Crippen LogP contribution in [0.4, 0.5) is 5.69 Å². The fourth-order valence-electron chi connectivity index (χ4n) is 2.79. The van der Waals surface area contributed by atoms with Crippen LogP contribution in [-0.4, -0.2) is 39.8 Å². The summed E-state index contributed by atoms with van der Waals surface area (Å²) in [6.45, 7) is 4.98. The molecular weight excluding hydrogens is 344 g/mol. The molecule has 0 bridgehead atoms. The summed E-state index contributed by atoms with van der Waals surface area (Å²) in [4.78, 5) is 12.2. The Balaban J connectivity index is 0.00000208. The third kappa shape index (κ3) is 4.75. The molecule has 1 aliphatic rings. The van der Waals surface area contributed by atoms with E-state index in [1.54, 1.807) is 0 Å². The Bertz CT molecular complexity index is 698. The van der Waals surface area contributed by atoms with Crippen LogP contribution in [0.5, 0.6) is 0 Å². The lowest BCUT2D eigenvalue weighted by Crippen LogP contribution is -2.39. The third-order valence-electron chi connectivity index (χ3n) is 3.81. The number of benzene rings is 1. The van der Waals surface area contributed by atoms with Crippen molar-refractivity contribution in [2.24, 2.45) is 0 Å². The molecule has 0 aliphatic carbocycles. The predicted octanol–water partition coefficient (Wildman–Crippen LogP) is 2.94. The number of hydrogen-bond acceptors (Lipinski definition) is 4. The van der Waals surface area contributed by atoms with Crippen LogP contribution in [0, 0.1) is 13.8 Å². The summed E-state index contributed by atoms with van der Waals surface area (Å²) in [6, 6.07) is 10.1. The Morgan fingerprint density at radius 3 is 2.92 bits per heavy atom. The number of anilines is 1. The zero-order chi connectivity index (χ0) is 16.2. The maximum atomic E-state index is 12.2. The average Bonchev–Trinajstić information content (AvgIpc) is 2.87. The van der Waals surface area contributed by atoms with E-state index in [1.165, 1.54) is 0 Å². The van der Waals surface area contributed by atoms with E-state index in [-0.39, 0.29) is 24.4 Å². The molecule has 1 amide bonds. The molecule has 1 atom stereocenters. The van der Waals surface area contributed by atoms with E-state index < -0.39 is 0 Å². The van der Waals surface area contributed by atoms with Crippen LogP contribution in [0.1, 0.15) is 17.8 Å². The summed E-state index contributed by atoms with van der Waals surface area (Å²) in [5.74, 6) is 2.18.